The van der Waals surface area contributed by atoms with E-state index in [0.29, 0.717) is 25.3 Å². The summed E-state index contributed by atoms with van der Waals surface area (Å²) in [6.45, 7) is 4.59. The second-order valence-electron chi connectivity index (χ2n) is 6.70. The van der Waals surface area contributed by atoms with Crippen LogP contribution in [0.4, 0.5) is 0 Å². The Morgan fingerprint density at radius 1 is 1.19 bits per heavy atom. The van der Waals surface area contributed by atoms with Gasteiger partial charge < -0.3 is 9.64 Å². The number of ether oxygens (including phenoxy) is 1. The number of nitrogens with zero attached hydrogens (tertiary/aromatic N) is 1. The molecule has 0 aromatic heterocycles. The molecule has 3 rings (SSSR count). The molecule has 1 amide bonds. The number of benzene rings is 2. The van der Waals surface area contributed by atoms with Gasteiger partial charge in [0.2, 0.25) is 15.9 Å². The Labute approximate surface area is 160 Å². The zero-order valence-corrected chi connectivity index (χ0v) is 16.3. The molecule has 27 heavy (non-hydrogen) atoms. The van der Waals surface area contributed by atoms with E-state index in [1.165, 1.54) is 0 Å². The van der Waals surface area contributed by atoms with Gasteiger partial charge in [-0.1, -0.05) is 42.5 Å². The molecule has 1 heterocycles. The molecule has 144 valence electrons. The van der Waals surface area contributed by atoms with Crippen LogP contribution in [-0.2, 0) is 19.6 Å². The number of carbonyl (C=O) groups excluding carboxylic acids is 1. The van der Waals surface area contributed by atoms with Crippen LogP contribution in [0.2, 0.25) is 0 Å². The number of sulfonamides is 1. The molecule has 0 spiro atoms. The smallest absolute Gasteiger partial charge is 0.241 e. The van der Waals surface area contributed by atoms with E-state index in [1.807, 2.05) is 43.3 Å². The summed E-state index contributed by atoms with van der Waals surface area (Å²) in [4.78, 5) is 14.4. The number of nitrogens with one attached hydrogen (secondary N) is 1. The molecule has 2 aromatic carbocycles. The zero-order chi connectivity index (χ0) is 19.4. The predicted octanol–water partition coefficient (Wildman–Crippen LogP) is 2.18. The van der Waals surface area contributed by atoms with Crippen LogP contribution in [0.3, 0.4) is 0 Å². The second kappa shape index (κ2) is 8.21. The molecule has 7 heteroatoms. The molecule has 6 nitrogen and oxygen atoms in total. The molecule has 1 atom stereocenters. The molecule has 1 N–H and O–H groups in total. The number of aryl methyl sites for hydroxylation is 2. The van der Waals surface area contributed by atoms with Crippen LogP contribution in [0.1, 0.15) is 22.8 Å². The van der Waals surface area contributed by atoms with Gasteiger partial charge in [0.25, 0.3) is 0 Å². The zero-order valence-electron chi connectivity index (χ0n) is 15.5. The molecule has 1 saturated heterocycles. The van der Waals surface area contributed by atoms with Crippen molar-refractivity contribution in [1.82, 2.24) is 9.62 Å². The van der Waals surface area contributed by atoms with Crippen LogP contribution < -0.4 is 4.72 Å². The highest BCUT2D eigenvalue weighted by atomic mass is 32.2. The third-order valence-electron chi connectivity index (χ3n) is 4.64. The van der Waals surface area contributed by atoms with Gasteiger partial charge in [0, 0.05) is 6.54 Å². The normalized spacial score (nSPS) is 17.7. The highest BCUT2D eigenvalue weighted by molar-refractivity contribution is 7.89. The molecular formula is C20H24N2O4S. The van der Waals surface area contributed by atoms with Gasteiger partial charge in [-0.15, -0.1) is 0 Å². The summed E-state index contributed by atoms with van der Waals surface area (Å²) >= 11 is 0. The van der Waals surface area contributed by atoms with Crippen LogP contribution in [0, 0.1) is 13.8 Å². The lowest BCUT2D eigenvalue weighted by molar-refractivity contribution is -0.137. The van der Waals surface area contributed by atoms with Crippen molar-refractivity contribution in [2.75, 3.05) is 26.2 Å². The van der Waals surface area contributed by atoms with Gasteiger partial charge in [0.15, 0.2) is 0 Å². The Bertz CT molecular complexity index is 913. The molecule has 0 bridgehead atoms. The molecule has 1 aliphatic heterocycles. The number of rotatable bonds is 5. The Kier molecular flexibility index (Phi) is 5.94. The van der Waals surface area contributed by atoms with Gasteiger partial charge in [0.1, 0.15) is 6.10 Å². The van der Waals surface area contributed by atoms with E-state index >= 15 is 0 Å². The van der Waals surface area contributed by atoms with E-state index in [2.05, 4.69) is 4.72 Å². The lowest BCUT2D eigenvalue weighted by atomic mass is 10.1. The summed E-state index contributed by atoms with van der Waals surface area (Å²) in [6.07, 6.45) is -0.195. The molecule has 0 saturated carbocycles. The van der Waals surface area contributed by atoms with E-state index in [0.717, 1.165) is 11.1 Å². The minimum atomic E-state index is -3.74. The summed E-state index contributed by atoms with van der Waals surface area (Å²) in [6, 6.07) is 14.9. The third kappa shape index (κ3) is 4.74. The third-order valence-corrected chi connectivity index (χ3v) is 6.18. The Morgan fingerprint density at radius 3 is 2.67 bits per heavy atom. The van der Waals surface area contributed by atoms with Crippen molar-refractivity contribution in [1.29, 1.82) is 0 Å². The molecular weight excluding hydrogens is 364 g/mol. The molecule has 1 unspecified atom stereocenters. The average Bonchev–Trinajstić information content (AvgIpc) is 2.69. The first-order valence-electron chi connectivity index (χ1n) is 8.88. The highest BCUT2D eigenvalue weighted by Crippen LogP contribution is 2.22. The van der Waals surface area contributed by atoms with E-state index < -0.39 is 10.0 Å². The van der Waals surface area contributed by atoms with Crippen LogP contribution >= 0.6 is 0 Å². The SMILES string of the molecule is Cc1ccc(C)c(S(=O)(=O)NCC(=O)N2CCOC(c3ccccc3)C2)c1. The van der Waals surface area contributed by atoms with Crippen LogP contribution in [0.25, 0.3) is 0 Å². The number of morpholine rings is 1. The topological polar surface area (TPSA) is 75.7 Å². The van der Waals surface area contributed by atoms with Crippen LogP contribution in [-0.4, -0.2) is 45.5 Å². The molecule has 0 aliphatic carbocycles. The Morgan fingerprint density at radius 2 is 1.93 bits per heavy atom. The largest absolute Gasteiger partial charge is 0.370 e. The first-order valence-corrected chi connectivity index (χ1v) is 10.4. The fraction of sp³-hybridized carbons (Fsp3) is 0.350. The lowest BCUT2D eigenvalue weighted by Crippen LogP contribution is -2.46. The molecule has 1 fully saturated rings. The van der Waals surface area contributed by atoms with E-state index in [4.69, 9.17) is 4.74 Å². The number of amides is 1. The predicted molar refractivity (Wildman–Crippen MR) is 103 cm³/mol. The monoisotopic (exact) mass is 388 g/mol. The van der Waals surface area contributed by atoms with Gasteiger partial charge >= 0.3 is 0 Å². The number of hydrogen-bond acceptors (Lipinski definition) is 4. The maximum absolute atomic E-state index is 12.6. The van der Waals surface area contributed by atoms with E-state index in [1.54, 1.807) is 24.0 Å². The van der Waals surface area contributed by atoms with E-state index in [9.17, 15) is 13.2 Å². The fourth-order valence-corrected chi connectivity index (χ4v) is 4.39. The first kappa shape index (κ1) is 19.5. The van der Waals surface area contributed by atoms with Crippen molar-refractivity contribution in [3.63, 3.8) is 0 Å². The minimum Gasteiger partial charge on any atom is -0.370 e. The Hall–Kier alpha value is -2.22. The fourth-order valence-electron chi connectivity index (χ4n) is 3.09. The van der Waals surface area contributed by atoms with Crippen molar-refractivity contribution in [3.05, 3.63) is 65.2 Å². The standard InChI is InChI=1S/C20H24N2O4S/c1-15-8-9-16(2)19(12-15)27(24,25)21-13-20(23)22-10-11-26-18(14-22)17-6-4-3-5-7-17/h3-9,12,18,21H,10-11,13-14H2,1-2H3. The minimum absolute atomic E-state index is 0.195. The van der Waals surface area contributed by atoms with E-state index in [-0.39, 0.29) is 23.5 Å². The maximum atomic E-state index is 12.6. The second-order valence-corrected chi connectivity index (χ2v) is 8.44. The first-order chi connectivity index (χ1) is 12.9. The van der Waals surface area contributed by atoms with Gasteiger partial charge in [-0.2, -0.15) is 0 Å². The molecule has 2 aromatic rings. The summed E-state index contributed by atoms with van der Waals surface area (Å²) in [7, 11) is -3.74. The van der Waals surface area contributed by atoms with Crippen molar-refractivity contribution in [2.45, 2.75) is 24.8 Å². The highest BCUT2D eigenvalue weighted by Gasteiger charge is 2.26. The van der Waals surface area contributed by atoms with Crippen molar-refractivity contribution >= 4 is 15.9 Å². The average molecular weight is 388 g/mol. The van der Waals surface area contributed by atoms with Gasteiger partial charge in [-0.3, -0.25) is 4.79 Å². The lowest BCUT2D eigenvalue weighted by Gasteiger charge is -2.33. The summed E-state index contributed by atoms with van der Waals surface area (Å²) in [5, 5.41) is 0. The summed E-state index contributed by atoms with van der Waals surface area (Å²) < 4.78 is 33.3. The molecule has 1 aliphatic rings. The Balaban J connectivity index is 1.64. The van der Waals surface area contributed by atoms with Crippen LogP contribution in [0.5, 0.6) is 0 Å². The number of carbonyl (C=O) groups is 1. The number of hydrogen-bond donors (Lipinski definition) is 1. The van der Waals surface area contributed by atoms with Gasteiger partial charge in [-0.25, -0.2) is 13.1 Å². The van der Waals surface area contributed by atoms with Crippen LogP contribution in [0.15, 0.2) is 53.4 Å². The van der Waals surface area contributed by atoms with Gasteiger partial charge in [0.05, 0.1) is 24.6 Å². The van der Waals surface area contributed by atoms with Crippen molar-refractivity contribution in [2.24, 2.45) is 0 Å². The van der Waals surface area contributed by atoms with Crippen molar-refractivity contribution in [3.8, 4) is 0 Å². The summed E-state index contributed by atoms with van der Waals surface area (Å²) in [5.74, 6) is -0.256. The van der Waals surface area contributed by atoms with Crippen molar-refractivity contribution < 1.29 is 17.9 Å². The molecule has 0 radical (unpaired) electrons. The summed E-state index contributed by atoms with van der Waals surface area (Å²) in [5.41, 5.74) is 2.51. The quantitative estimate of drug-likeness (QED) is 0.852. The van der Waals surface area contributed by atoms with Gasteiger partial charge in [-0.05, 0) is 36.6 Å². The maximum Gasteiger partial charge on any atom is 0.241 e.